The molecule has 0 aromatic heterocycles. The highest BCUT2D eigenvalue weighted by molar-refractivity contribution is 4.98. The lowest BCUT2D eigenvalue weighted by Gasteiger charge is -2.47. The number of rotatable bonds is 3. The van der Waals surface area contributed by atoms with Gasteiger partial charge in [-0.05, 0) is 13.5 Å². The van der Waals surface area contributed by atoms with Crippen LogP contribution < -0.4 is 5.48 Å². The topological polar surface area (TPSA) is 24.5 Å². The van der Waals surface area contributed by atoms with Crippen LogP contribution in [0, 0.1) is 0 Å². The van der Waals surface area contributed by atoms with E-state index in [0.717, 1.165) is 19.5 Å². The Morgan fingerprint density at radius 2 is 2.20 bits per heavy atom. The molecule has 0 radical (unpaired) electrons. The summed E-state index contributed by atoms with van der Waals surface area (Å²) in [5.41, 5.74) is 3.27. The summed E-state index contributed by atoms with van der Waals surface area (Å²) in [7, 11) is 3.79. The first-order chi connectivity index (χ1) is 4.72. The molecule has 0 aromatic carbocycles. The van der Waals surface area contributed by atoms with E-state index in [1.165, 1.54) is 0 Å². The van der Waals surface area contributed by atoms with Gasteiger partial charge in [-0.15, -0.1) is 0 Å². The Balaban J connectivity index is 2.32. The summed E-state index contributed by atoms with van der Waals surface area (Å²) in [4.78, 5) is 7.18. The quantitative estimate of drug-likeness (QED) is 0.574. The van der Waals surface area contributed by atoms with E-state index in [1.54, 1.807) is 7.11 Å². The van der Waals surface area contributed by atoms with E-state index in [2.05, 4.69) is 24.4 Å². The summed E-state index contributed by atoms with van der Waals surface area (Å²) >= 11 is 0. The van der Waals surface area contributed by atoms with Crippen molar-refractivity contribution in [3.63, 3.8) is 0 Å². The largest absolute Gasteiger partial charge is 0.304 e. The van der Waals surface area contributed by atoms with Gasteiger partial charge in [0, 0.05) is 13.1 Å². The van der Waals surface area contributed by atoms with Crippen LogP contribution in [-0.2, 0) is 4.84 Å². The maximum Gasteiger partial charge on any atom is 0.0682 e. The number of nitrogens with one attached hydrogen (secondary N) is 1. The Hall–Kier alpha value is -0.120. The highest BCUT2D eigenvalue weighted by atomic mass is 16.6. The minimum atomic E-state index is 0.240. The third kappa shape index (κ3) is 1.31. The van der Waals surface area contributed by atoms with E-state index in [4.69, 9.17) is 4.84 Å². The smallest absolute Gasteiger partial charge is 0.0682 e. The molecule has 0 saturated carbocycles. The van der Waals surface area contributed by atoms with E-state index in [1.807, 2.05) is 0 Å². The van der Waals surface area contributed by atoms with Crippen molar-refractivity contribution in [3.8, 4) is 0 Å². The standard InChI is InChI=1S/C7H16N2O/c1-4-7(8-10-3)5-9(2)6-7/h8H,4-6H2,1-3H3. The number of hydroxylamine groups is 1. The zero-order chi connectivity index (χ0) is 7.61. The summed E-state index contributed by atoms with van der Waals surface area (Å²) in [6.45, 7) is 4.37. The third-order valence-corrected chi connectivity index (χ3v) is 2.14. The van der Waals surface area contributed by atoms with Gasteiger partial charge in [0.1, 0.15) is 0 Å². The van der Waals surface area contributed by atoms with Gasteiger partial charge in [0.2, 0.25) is 0 Å². The van der Waals surface area contributed by atoms with E-state index < -0.39 is 0 Å². The molecule has 3 nitrogen and oxygen atoms in total. The van der Waals surface area contributed by atoms with E-state index in [9.17, 15) is 0 Å². The van der Waals surface area contributed by atoms with Gasteiger partial charge in [-0.25, -0.2) is 0 Å². The maximum atomic E-state index is 4.91. The molecule has 0 spiro atoms. The van der Waals surface area contributed by atoms with Crippen molar-refractivity contribution < 1.29 is 4.84 Å². The van der Waals surface area contributed by atoms with Crippen molar-refractivity contribution in [3.05, 3.63) is 0 Å². The number of hydrogen-bond acceptors (Lipinski definition) is 3. The Morgan fingerprint density at radius 3 is 2.50 bits per heavy atom. The molecule has 0 atom stereocenters. The van der Waals surface area contributed by atoms with Gasteiger partial charge in [0.25, 0.3) is 0 Å². The van der Waals surface area contributed by atoms with Crippen LogP contribution in [0.3, 0.4) is 0 Å². The Labute approximate surface area is 62.3 Å². The molecule has 60 valence electrons. The molecular formula is C7H16N2O. The molecule has 10 heavy (non-hydrogen) atoms. The summed E-state index contributed by atoms with van der Waals surface area (Å²) in [5, 5.41) is 0. The van der Waals surface area contributed by atoms with Crippen LogP contribution in [0.15, 0.2) is 0 Å². The average molecular weight is 144 g/mol. The molecule has 1 fully saturated rings. The molecule has 0 bridgehead atoms. The van der Waals surface area contributed by atoms with Crippen molar-refractivity contribution in [1.29, 1.82) is 0 Å². The molecule has 3 heteroatoms. The monoisotopic (exact) mass is 144 g/mol. The van der Waals surface area contributed by atoms with Crippen LogP contribution in [-0.4, -0.2) is 37.7 Å². The number of hydrogen-bond donors (Lipinski definition) is 1. The minimum Gasteiger partial charge on any atom is -0.304 e. The second-order valence-electron chi connectivity index (χ2n) is 3.11. The molecule has 0 aromatic rings. The van der Waals surface area contributed by atoms with Crippen LogP contribution in [0.4, 0.5) is 0 Å². The van der Waals surface area contributed by atoms with Gasteiger partial charge < -0.3 is 9.74 Å². The highest BCUT2D eigenvalue weighted by Crippen LogP contribution is 2.21. The van der Waals surface area contributed by atoms with Crippen LogP contribution in [0.5, 0.6) is 0 Å². The first-order valence-electron chi connectivity index (χ1n) is 3.71. The summed E-state index contributed by atoms with van der Waals surface area (Å²) in [6.07, 6.45) is 1.13. The minimum absolute atomic E-state index is 0.240. The lowest BCUT2D eigenvalue weighted by molar-refractivity contribution is -0.0626. The van der Waals surface area contributed by atoms with Gasteiger partial charge in [-0.2, -0.15) is 5.48 Å². The van der Waals surface area contributed by atoms with Gasteiger partial charge in [-0.3, -0.25) is 0 Å². The van der Waals surface area contributed by atoms with Gasteiger partial charge in [0.05, 0.1) is 12.6 Å². The molecule has 1 rings (SSSR count). The zero-order valence-electron chi connectivity index (χ0n) is 6.98. The predicted octanol–water partition coefficient (Wildman–Crippen LogP) is 0.232. The van der Waals surface area contributed by atoms with Crippen molar-refractivity contribution in [1.82, 2.24) is 10.4 Å². The molecule has 1 saturated heterocycles. The number of likely N-dealkylation sites (N-methyl/N-ethyl adjacent to an activating group) is 1. The third-order valence-electron chi connectivity index (χ3n) is 2.14. The Bertz CT molecular complexity index is 105. The first-order valence-corrected chi connectivity index (χ1v) is 3.71. The SMILES string of the molecule is CCC1(NOC)CN(C)C1. The van der Waals surface area contributed by atoms with Gasteiger partial charge in [0.15, 0.2) is 0 Å². The molecule has 1 aliphatic rings. The lowest BCUT2D eigenvalue weighted by atomic mass is 9.89. The fraction of sp³-hybridized carbons (Fsp3) is 1.00. The zero-order valence-corrected chi connectivity index (χ0v) is 6.98. The summed E-state index contributed by atoms with van der Waals surface area (Å²) < 4.78 is 0. The second kappa shape index (κ2) is 2.86. The predicted molar refractivity (Wildman–Crippen MR) is 40.7 cm³/mol. The summed E-state index contributed by atoms with van der Waals surface area (Å²) in [6, 6.07) is 0. The lowest BCUT2D eigenvalue weighted by Crippen LogP contribution is -2.67. The van der Waals surface area contributed by atoms with E-state index in [-0.39, 0.29) is 5.54 Å². The van der Waals surface area contributed by atoms with Crippen molar-refractivity contribution >= 4 is 0 Å². The normalized spacial score (nSPS) is 24.3. The van der Waals surface area contributed by atoms with E-state index >= 15 is 0 Å². The highest BCUT2D eigenvalue weighted by Gasteiger charge is 2.39. The van der Waals surface area contributed by atoms with Crippen LogP contribution in [0.1, 0.15) is 13.3 Å². The molecule has 1 N–H and O–H groups in total. The molecule has 0 unspecified atom stereocenters. The molecule has 1 heterocycles. The van der Waals surface area contributed by atoms with Crippen molar-refractivity contribution in [2.75, 3.05) is 27.2 Å². The Morgan fingerprint density at radius 1 is 1.60 bits per heavy atom. The fourth-order valence-corrected chi connectivity index (χ4v) is 1.56. The maximum absolute atomic E-state index is 4.91. The van der Waals surface area contributed by atoms with Crippen LogP contribution in [0.25, 0.3) is 0 Å². The Kier molecular flexibility index (Phi) is 2.28. The van der Waals surface area contributed by atoms with E-state index in [0.29, 0.717) is 0 Å². The first kappa shape index (κ1) is 7.98. The summed E-state index contributed by atoms with van der Waals surface area (Å²) in [5.74, 6) is 0. The average Bonchev–Trinajstić information content (AvgIpc) is 1.84. The fourth-order valence-electron chi connectivity index (χ4n) is 1.56. The molecule has 1 aliphatic heterocycles. The van der Waals surface area contributed by atoms with Gasteiger partial charge >= 0.3 is 0 Å². The second-order valence-corrected chi connectivity index (χ2v) is 3.11. The van der Waals surface area contributed by atoms with Crippen LogP contribution >= 0.6 is 0 Å². The van der Waals surface area contributed by atoms with Crippen molar-refractivity contribution in [2.24, 2.45) is 0 Å². The molecular weight excluding hydrogens is 128 g/mol. The number of likely N-dealkylation sites (tertiary alicyclic amines) is 1. The van der Waals surface area contributed by atoms with Crippen molar-refractivity contribution in [2.45, 2.75) is 18.9 Å². The number of nitrogens with zero attached hydrogens (tertiary/aromatic N) is 1. The van der Waals surface area contributed by atoms with Crippen LogP contribution in [0.2, 0.25) is 0 Å². The molecule has 0 aliphatic carbocycles. The molecule has 0 amide bonds. The van der Waals surface area contributed by atoms with Gasteiger partial charge in [-0.1, -0.05) is 6.92 Å².